The lowest BCUT2D eigenvalue weighted by molar-refractivity contribution is -0.133. The third kappa shape index (κ3) is 2.35. The van der Waals surface area contributed by atoms with Crippen LogP contribution in [0.15, 0.2) is 16.8 Å². The van der Waals surface area contributed by atoms with Gasteiger partial charge in [0.2, 0.25) is 11.8 Å². The molecule has 4 nitrogen and oxygen atoms in total. The van der Waals surface area contributed by atoms with Gasteiger partial charge in [-0.25, -0.2) is 0 Å². The van der Waals surface area contributed by atoms with E-state index in [-0.39, 0.29) is 23.9 Å². The van der Waals surface area contributed by atoms with E-state index in [1.807, 2.05) is 26.6 Å². The molecule has 3 heterocycles. The molecule has 0 bridgehead atoms. The highest BCUT2D eigenvalue weighted by Crippen LogP contribution is 2.38. The van der Waals surface area contributed by atoms with Gasteiger partial charge in [-0.2, -0.15) is 11.3 Å². The number of rotatable bonds is 3. The summed E-state index contributed by atoms with van der Waals surface area (Å²) in [4.78, 5) is 29.0. The van der Waals surface area contributed by atoms with Crippen LogP contribution in [0.5, 0.6) is 0 Å². The summed E-state index contributed by atoms with van der Waals surface area (Å²) in [5, 5.41) is 4.04. The average molecular weight is 318 g/mol. The van der Waals surface area contributed by atoms with Gasteiger partial charge in [0.15, 0.2) is 0 Å². The highest BCUT2D eigenvalue weighted by Gasteiger charge is 2.48. The number of carbonyl (C=O) groups excluding carboxylic acids is 2. The zero-order valence-electron chi connectivity index (χ0n) is 12.7. The van der Waals surface area contributed by atoms with Crippen molar-refractivity contribution in [2.75, 3.05) is 11.4 Å². The molecule has 3 aliphatic rings. The third-order valence-corrected chi connectivity index (χ3v) is 6.21. The molecule has 2 atom stereocenters. The maximum Gasteiger partial charge on any atom is 0.229 e. The molecule has 1 saturated carbocycles. The van der Waals surface area contributed by atoms with Crippen LogP contribution in [0.25, 0.3) is 0 Å². The maximum atomic E-state index is 12.6. The molecular formula is C17H22N2O2S. The number of likely N-dealkylation sites (tertiary alicyclic amines) is 1. The van der Waals surface area contributed by atoms with Crippen LogP contribution in [-0.2, 0) is 9.59 Å². The summed E-state index contributed by atoms with van der Waals surface area (Å²) in [5.74, 6) is 1.03. The summed E-state index contributed by atoms with van der Waals surface area (Å²) in [6, 6.07) is 2.30. The Morgan fingerprint density at radius 1 is 1.23 bits per heavy atom. The van der Waals surface area contributed by atoms with E-state index < -0.39 is 0 Å². The standard InChI is InChI=1S/C17H22N2O2S/c20-16(9-12-3-1-2-4-12)18-7-5-14-15(18)10-17(21)19(14)13-6-8-22-11-13/h6,8,11-12,14-15H,1-5,7,9-10H2/t14-,15+/m1/s1. The monoisotopic (exact) mass is 318 g/mol. The fourth-order valence-electron chi connectivity index (χ4n) is 4.47. The molecule has 2 aliphatic heterocycles. The quantitative estimate of drug-likeness (QED) is 0.859. The van der Waals surface area contributed by atoms with Crippen LogP contribution >= 0.6 is 11.3 Å². The third-order valence-electron chi connectivity index (χ3n) is 5.54. The Morgan fingerprint density at radius 2 is 2.05 bits per heavy atom. The van der Waals surface area contributed by atoms with Crippen molar-refractivity contribution in [3.63, 3.8) is 0 Å². The molecular weight excluding hydrogens is 296 g/mol. The smallest absolute Gasteiger partial charge is 0.229 e. The lowest BCUT2D eigenvalue weighted by Gasteiger charge is -2.25. The minimum absolute atomic E-state index is 0.0984. The fraction of sp³-hybridized carbons (Fsp3) is 0.647. The van der Waals surface area contributed by atoms with Crippen LogP contribution in [0.2, 0.25) is 0 Å². The van der Waals surface area contributed by atoms with Gasteiger partial charge in [0, 0.05) is 24.8 Å². The maximum absolute atomic E-state index is 12.6. The number of amides is 2. The predicted octanol–water partition coefficient (Wildman–Crippen LogP) is 3.03. The van der Waals surface area contributed by atoms with Gasteiger partial charge in [0.05, 0.1) is 17.8 Å². The number of thiophene rings is 1. The van der Waals surface area contributed by atoms with Crippen LogP contribution in [0.4, 0.5) is 5.69 Å². The molecule has 118 valence electrons. The molecule has 22 heavy (non-hydrogen) atoms. The first kappa shape index (κ1) is 14.2. The zero-order chi connectivity index (χ0) is 15.1. The largest absolute Gasteiger partial charge is 0.337 e. The second-order valence-electron chi connectivity index (χ2n) is 6.81. The number of fused-ring (bicyclic) bond motifs is 1. The van der Waals surface area contributed by atoms with Gasteiger partial charge in [0.25, 0.3) is 0 Å². The molecule has 1 aromatic heterocycles. The second kappa shape index (κ2) is 5.69. The van der Waals surface area contributed by atoms with Gasteiger partial charge < -0.3 is 9.80 Å². The van der Waals surface area contributed by atoms with Crippen LogP contribution in [0, 0.1) is 5.92 Å². The van der Waals surface area contributed by atoms with Gasteiger partial charge in [-0.1, -0.05) is 12.8 Å². The normalized spacial score (nSPS) is 28.6. The Labute approximate surface area is 135 Å². The highest BCUT2D eigenvalue weighted by molar-refractivity contribution is 7.08. The summed E-state index contributed by atoms with van der Waals surface area (Å²) >= 11 is 1.62. The van der Waals surface area contributed by atoms with Crippen molar-refractivity contribution in [3.8, 4) is 0 Å². The Morgan fingerprint density at radius 3 is 2.77 bits per heavy atom. The van der Waals surface area contributed by atoms with E-state index in [1.165, 1.54) is 25.7 Å². The van der Waals surface area contributed by atoms with Crippen molar-refractivity contribution in [2.45, 2.75) is 57.0 Å². The van der Waals surface area contributed by atoms with Gasteiger partial charge in [-0.15, -0.1) is 0 Å². The SMILES string of the molecule is O=C(CC1CCCC1)N1CC[C@@H]2[C@@H]1CC(=O)N2c1ccsc1. The van der Waals surface area contributed by atoms with Crippen molar-refractivity contribution in [2.24, 2.45) is 5.92 Å². The lowest BCUT2D eigenvalue weighted by atomic mass is 10.0. The van der Waals surface area contributed by atoms with Crippen LogP contribution in [0.3, 0.4) is 0 Å². The van der Waals surface area contributed by atoms with Crippen molar-refractivity contribution in [1.82, 2.24) is 4.90 Å². The summed E-state index contributed by atoms with van der Waals surface area (Å²) < 4.78 is 0. The van der Waals surface area contributed by atoms with E-state index in [1.54, 1.807) is 11.3 Å². The summed E-state index contributed by atoms with van der Waals surface area (Å²) in [7, 11) is 0. The van der Waals surface area contributed by atoms with E-state index in [9.17, 15) is 9.59 Å². The summed E-state index contributed by atoms with van der Waals surface area (Å²) in [5.41, 5.74) is 1.01. The number of hydrogen-bond donors (Lipinski definition) is 0. The first-order valence-corrected chi connectivity index (χ1v) is 9.32. The van der Waals surface area contributed by atoms with Crippen molar-refractivity contribution in [3.05, 3.63) is 16.8 Å². The molecule has 1 aliphatic carbocycles. The van der Waals surface area contributed by atoms with Crippen LogP contribution in [-0.4, -0.2) is 35.3 Å². The molecule has 0 spiro atoms. The summed E-state index contributed by atoms with van der Waals surface area (Å²) in [6.45, 7) is 0.814. The predicted molar refractivity (Wildman–Crippen MR) is 86.9 cm³/mol. The number of hydrogen-bond acceptors (Lipinski definition) is 3. The van der Waals surface area contributed by atoms with Crippen molar-refractivity contribution in [1.29, 1.82) is 0 Å². The second-order valence-corrected chi connectivity index (χ2v) is 7.59. The van der Waals surface area contributed by atoms with Gasteiger partial charge in [-0.05, 0) is 36.6 Å². The van der Waals surface area contributed by atoms with Crippen LogP contribution < -0.4 is 4.90 Å². The zero-order valence-corrected chi connectivity index (χ0v) is 13.6. The number of nitrogens with zero attached hydrogens (tertiary/aromatic N) is 2. The molecule has 4 rings (SSSR count). The van der Waals surface area contributed by atoms with E-state index in [4.69, 9.17) is 0 Å². The van der Waals surface area contributed by atoms with Gasteiger partial charge >= 0.3 is 0 Å². The van der Waals surface area contributed by atoms with Crippen molar-refractivity contribution < 1.29 is 9.59 Å². The number of carbonyl (C=O) groups is 2. The Kier molecular flexibility index (Phi) is 3.68. The van der Waals surface area contributed by atoms with Gasteiger partial charge in [-0.3, -0.25) is 9.59 Å². The molecule has 0 unspecified atom stereocenters. The Bertz CT molecular complexity index is 565. The minimum Gasteiger partial charge on any atom is -0.337 e. The first-order chi connectivity index (χ1) is 10.7. The topological polar surface area (TPSA) is 40.6 Å². The minimum atomic E-state index is 0.0984. The van der Waals surface area contributed by atoms with Gasteiger partial charge in [0.1, 0.15) is 0 Å². The van der Waals surface area contributed by atoms with E-state index >= 15 is 0 Å². The van der Waals surface area contributed by atoms with E-state index in [0.717, 1.165) is 18.7 Å². The average Bonchev–Trinajstić information content (AvgIpc) is 3.20. The molecule has 0 aromatic carbocycles. The fourth-order valence-corrected chi connectivity index (χ4v) is 5.09. The molecule has 2 amide bonds. The van der Waals surface area contributed by atoms with Crippen LogP contribution in [0.1, 0.15) is 44.9 Å². The van der Waals surface area contributed by atoms with E-state index in [2.05, 4.69) is 0 Å². The lowest BCUT2D eigenvalue weighted by Crippen LogP contribution is -2.40. The first-order valence-electron chi connectivity index (χ1n) is 8.38. The Hall–Kier alpha value is -1.36. The highest BCUT2D eigenvalue weighted by atomic mass is 32.1. The molecule has 5 heteroatoms. The molecule has 2 saturated heterocycles. The molecule has 3 fully saturated rings. The molecule has 0 N–H and O–H groups in total. The van der Waals surface area contributed by atoms with Crippen molar-refractivity contribution >= 4 is 28.8 Å². The summed E-state index contributed by atoms with van der Waals surface area (Å²) in [6.07, 6.45) is 7.06. The molecule has 1 aromatic rings. The number of anilines is 1. The molecule has 0 radical (unpaired) electrons. The van der Waals surface area contributed by atoms with E-state index in [0.29, 0.717) is 18.8 Å². The Balaban J connectivity index is 1.47.